The molecule has 6 nitrogen and oxygen atoms in total. The van der Waals surface area contributed by atoms with Crippen LogP contribution in [0.25, 0.3) is 5.76 Å². The summed E-state index contributed by atoms with van der Waals surface area (Å²) < 4.78 is 5.52. The topological polar surface area (TPSA) is 79.7 Å². The Labute approximate surface area is 190 Å². The lowest BCUT2D eigenvalue weighted by Gasteiger charge is -2.26. The number of aromatic nitrogens is 1. The highest BCUT2D eigenvalue weighted by Gasteiger charge is 2.47. The number of nitrogens with zero attached hydrogens (tertiary/aromatic N) is 2. The van der Waals surface area contributed by atoms with Crippen LogP contribution >= 0.6 is 11.6 Å². The van der Waals surface area contributed by atoms with Crippen LogP contribution in [-0.4, -0.2) is 28.4 Å². The molecule has 1 N–H and O–H groups in total. The minimum atomic E-state index is -0.848. The van der Waals surface area contributed by atoms with Gasteiger partial charge in [0.05, 0.1) is 18.2 Å². The minimum Gasteiger partial charge on any atom is -0.507 e. The molecule has 0 bridgehead atoms. The summed E-state index contributed by atoms with van der Waals surface area (Å²) in [6.07, 6.45) is 3.19. The Morgan fingerprint density at radius 2 is 1.97 bits per heavy atom. The standard InChI is InChI=1S/C25H21ClN2O4/c1-3-32-19-8-4-6-16(13-19)23(29)21-22(17-7-5-11-27-14-17)28(25(31)24(21)30)20-10-9-18(26)12-15(20)2/h4-14,22,29H,3H2,1-2H3/b23-21+. The van der Waals surface area contributed by atoms with E-state index < -0.39 is 17.7 Å². The van der Waals surface area contributed by atoms with Crippen molar-refractivity contribution in [2.45, 2.75) is 19.9 Å². The monoisotopic (exact) mass is 448 g/mol. The Bertz CT molecular complexity index is 1220. The van der Waals surface area contributed by atoms with Crippen molar-refractivity contribution in [1.82, 2.24) is 4.98 Å². The number of carbonyl (C=O) groups excluding carboxylic acids is 2. The molecule has 0 spiro atoms. The van der Waals surface area contributed by atoms with E-state index in [4.69, 9.17) is 16.3 Å². The number of carbonyl (C=O) groups is 2. The first-order valence-electron chi connectivity index (χ1n) is 10.1. The van der Waals surface area contributed by atoms with Crippen molar-refractivity contribution in [3.05, 3.63) is 94.3 Å². The maximum Gasteiger partial charge on any atom is 0.300 e. The largest absolute Gasteiger partial charge is 0.507 e. The van der Waals surface area contributed by atoms with Gasteiger partial charge in [0.25, 0.3) is 11.7 Å². The van der Waals surface area contributed by atoms with Crippen LogP contribution in [0.5, 0.6) is 5.75 Å². The van der Waals surface area contributed by atoms with Gasteiger partial charge in [0, 0.05) is 28.7 Å². The lowest BCUT2D eigenvalue weighted by atomic mass is 9.96. The zero-order chi connectivity index (χ0) is 22.8. The maximum atomic E-state index is 13.2. The molecule has 2 heterocycles. The number of aliphatic hydroxyl groups excluding tert-OH is 1. The number of anilines is 1. The van der Waals surface area contributed by atoms with E-state index in [1.54, 1.807) is 67.0 Å². The molecule has 1 unspecified atom stereocenters. The van der Waals surface area contributed by atoms with Gasteiger partial charge in [-0.15, -0.1) is 0 Å². The minimum absolute atomic E-state index is 0.00833. The highest BCUT2D eigenvalue weighted by atomic mass is 35.5. The number of hydrogen-bond donors (Lipinski definition) is 1. The number of benzene rings is 2. The summed E-state index contributed by atoms with van der Waals surface area (Å²) in [5, 5.41) is 11.7. The molecule has 2 aromatic carbocycles. The Morgan fingerprint density at radius 3 is 2.66 bits per heavy atom. The summed E-state index contributed by atoms with van der Waals surface area (Å²) >= 11 is 6.10. The first kappa shape index (κ1) is 21.6. The fourth-order valence-corrected chi connectivity index (χ4v) is 4.11. The molecule has 32 heavy (non-hydrogen) atoms. The molecule has 1 amide bonds. The van der Waals surface area contributed by atoms with Crippen LogP contribution in [-0.2, 0) is 9.59 Å². The number of hydrogen-bond acceptors (Lipinski definition) is 5. The van der Waals surface area contributed by atoms with Crippen molar-refractivity contribution in [2.24, 2.45) is 0 Å². The van der Waals surface area contributed by atoms with Gasteiger partial charge in [-0.2, -0.15) is 0 Å². The smallest absolute Gasteiger partial charge is 0.300 e. The van der Waals surface area contributed by atoms with Crippen molar-refractivity contribution in [3.8, 4) is 5.75 Å². The van der Waals surface area contributed by atoms with Crippen LogP contribution in [0.3, 0.4) is 0 Å². The normalized spacial score (nSPS) is 17.6. The van der Waals surface area contributed by atoms with Crippen LogP contribution in [0, 0.1) is 6.92 Å². The van der Waals surface area contributed by atoms with Gasteiger partial charge >= 0.3 is 0 Å². The molecular weight excluding hydrogens is 428 g/mol. The summed E-state index contributed by atoms with van der Waals surface area (Å²) in [6, 6.07) is 14.5. The van der Waals surface area contributed by atoms with E-state index >= 15 is 0 Å². The van der Waals surface area contributed by atoms with Crippen LogP contribution in [0.2, 0.25) is 5.02 Å². The average molecular weight is 449 g/mol. The van der Waals surface area contributed by atoms with Crippen molar-refractivity contribution >= 4 is 34.7 Å². The maximum absolute atomic E-state index is 13.2. The van der Waals surface area contributed by atoms with E-state index in [0.29, 0.717) is 34.2 Å². The number of ether oxygens (including phenoxy) is 1. The van der Waals surface area contributed by atoms with E-state index in [9.17, 15) is 14.7 Å². The Kier molecular flexibility index (Phi) is 5.97. The number of Topliss-reactive ketones (excluding diaryl/α,β-unsaturated/α-hetero) is 1. The van der Waals surface area contributed by atoms with Crippen molar-refractivity contribution < 1.29 is 19.4 Å². The predicted octanol–water partition coefficient (Wildman–Crippen LogP) is 5.07. The molecule has 0 aliphatic carbocycles. The number of rotatable bonds is 5. The number of ketones is 1. The van der Waals surface area contributed by atoms with Gasteiger partial charge in [0.2, 0.25) is 0 Å². The number of amides is 1. The third kappa shape index (κ3) is 3.85. The van der Waals surface area contributed by atoms with Crippen LogP contribution in [0.1, 0.15) is 29.7 Å². The summed E-state index contributed by atoms with van der Waals surface area (Å²) in [4.78, 5) is 31.9. The van der Waals surface area contributed by atoms with E-state index in [2.05, 4.69) is 4.98 Å². The van der Waals surface area contributed by atoms with Crippen molar-refractivity contribution in [1.29, 1.82) is 0 Å². The first-order chi connectivity index (χ1) is 15.4. The number of aryl methyl sites for hydroxylation is 1. The van der Waals surface area contributed by atoms with Gasteiger partial charge in [0.15, 0.2) is 0 Å². The summed E-state index contributed by atoms with van der Waals surface area (Å²) in [7, 11) is 0. The molecule has 1 atom stereocenters. The molecule has 0 saturated carbocycles. The number of aliphatic hydroxyl groups is 1. The van der Waals surface area contributed by atoms with Crippen LogP contribution < -0.4 is 9.64 Å². The molecular formula is C25H21ClN2O4. The predicted molar refractivity (Wildman–Crippen MR) is 123 cm³/mol. The zero-order valence-electron chi connectivity index (χ0n) is 17.6. The van der Waals surface area contributed by atoms with Crippen LogP contribution in [0.4, 0.5) is 5.69 Å². The SMILES string of the molecule is CCOc1cccc(/C(O)=C2\C(=O)C(=O)N(c3ccc(Cl)cc3C)C2c2cccnc2)c1. The van der Waals surface area contributed by atoms with E-state index in [-0.39, 0.29) is 11.3 Å². The van der Waals surface area contributed by atoms with Gasteiger partial charge in [-0.3, -0.25) is 19.5 Å². The molecule has 1 aliphatic heterocycles. The fourth-order valence-electron chi connectivity index (χ4n) is 3.88. The zero-order valence-corrected chi connectivity index (χ0v) is 18.3. The molecule has 3 aromatic rings. The molecule has 162 valence electrons. The Balaban J connectivity index is 1.93. The summed E-state index contributed by atoms with van der Waals surface area (Å²) in [5.74, 6) is -1.22. The average Bonchev–Trinajstić information content (AvgIpc) is 3.05. The second kappa shape index (κ2) is 8.85. The third-order valence-electron chi connectivity index (χ3n) is 5.28. The Morgan fingerprint density at radius 1 is 1.16 bits per heavy atom. The van der Waals surface area contributed by atoms with E-state index in [0.717, 1.165) is 5.56 Å². The number of halogens is 1. The molecule has 7 heteroatoms. The molecule has 1 saturated heterocycles. The molecule has 1 fully saturated rings. The van der Waals surface area contributed by atoms with Gasteiger partial charge in [0.1, 0.15) is 11.5 Å². The molecule has 1 aliphatic rings. The van der Waals surface area contributed by atoms with Gasteiger partial charge < -0.3 is 9.84 Å². The fraction of sp³-hybridized carbons (Fsp3) is 0.160. The summed E-state index contributed by atoms with van der Waals surface area (Å²) in [6.45, 7) is 4.13. The highest BCUT2D eigenvalue weighted by molar-refractivity contribution is 6.51. The molecule has 1 aromatic heterocycles. The quantitative estimate of drug-likeness (QED) is 0.335. The highest BCUT2D eigenvalue weighted by Crippen LogP contribution is 2.43. The van der Waals surface area contributed by atoms with Gasteiger partial charge in [-0.25, -0.2) is 0 Å². The van der Waals surface area contributed by atoms with Gasteiger partial charge in [-0.05, 0) is 61.4 Å². The second-order valence-corrected chi connectivity index (χ2v) is 7.78. The van der Waals surface area contributed by atoms with Gasteiger partial charge in [-0.1, -0.05) is 29.8 Å². The number of pyridine rings is 1. The first-order valence-corrected chi connectivity index (χ1v) is 10.5. The van der Waals surface area contributed by atoms with E-state index in [1.165, 1.54) is 4.90 Å². The second-order valence-electron chi connectivity index (χ2n) is 7.35. The van der Waals surface area contributed by atoms with Crippen molar-refractivity contribution in [3.63, 3.8) is 0 Å². The van der Waals surface area contributed by atoms with Crippen molar-refractivity contribution in [2.75, 3.05) is 11.5 Å². The van der Waals surface area contributed by atoms with Crippen LogP contribution in [0.15, 0.2) is 72.6 Å². The summed E-state index contributed by atoms with van der Waals surface area (Å²) in [5.41, 5.74) is 2.24. The lowest BCUT2D eigenvalue weighted by molar-refractivity contribution is -0.132. The lowest BCUT2D eigenvalue weighted by Crippen LogP contribution is -2.30. The van der Waals surface area contributed by atoms with E-state index in [1.807, 2.05) is 13.8 Å². The third-order valence-corrected chi connectivity index (χ3v) is 5.52. The molecule has 4 rings (SSSR count). The Hall–Kier alpha value is -3.64. The molecule has 0 radical (unpaired) electrons.